The maximum Gasteiger partial charge on any atom is 0.274 e. The Morgan fingerprint density at radius 1 is 1.43 bits per heavy atom. The zero-order valence-electron chi connectivity index (χ0n) is 12.7. The zero-order chi connectivity index (χ0) is 16.4. The molecule has 0 spiro atoms. The summed E-state index contributed by atoms with van der Waals surface area (Å²) in [6, 6.07) is 6.81. The summed E-state index contributed by atoms with van der Waals surface area (Å²) in [6.07, 6.45) is 0.968. The highest BCUT2D eigenvalue weighted by Crippen LogP contribution is 2.26. The van der Waals surface area contributed by atoms with Gasteiger partial charge in [0.05, 0.1) is 22.7 Å². The molecule has 0 saturated carbocycles. The van der Waals surface area contributed by atoms with Crippen LogP contribution in [0.1, 0.15) is 16.0 Å². The number of nitrogens with zero attached hydrogens (tertiary/aromatic N) is 2. The lowest BCUT2D eigenvalue weighted by molar-refractivity contribution is -0.385. The SMILES string of the molecule is Cc1c(NC(=O)CN2CCc3sccc3C2)cccc1[N+](=O)[O-]. The largest absolute Gasteiger partial charge is 0.324 e. The van der Waals surface area contributed by atoms with Gasteiger partial charge in [0.25, 0.3) is 5.69 Å². The number of carbonyl (C=O) groups is 1. The van der Waals surface area contributed by atoms with Crippen LogP contribution < -0.4 is 5.32 Å². The summed E-state index contributed by atoms with van der Waals surface area (Å²) in [4.78, 5) is 26.3. The molecule has 2 heterocycles. The van der Waals surface area contributed by atoms with Crippen LogP contribution in [-0.4, -0.2) is 28.8 Å². The summed E-state index contributed by atoms with van der Waals surface area (Å²) >= 11 is 1.76. The first-order chi connectivity index (χ1) is 11.0. The van der Waals surface area contributed by atoms with E-state index >= 15 is 0 Å². The van der Waals surface area contributed by atoms with Gasteiger partial charge in [-0.2, -0.15) is 0 Å². The van der Waals surface area contributed by atoms with Crippen LogP contribution >= 0.6 is 11.3 Å². The smallest absolute Gasteiger partial charge is 0.274 e. The molecule has 1 aliphatic rings. The molecule has 0 aliphatic carbocycles. The molecule has 7 heteroatoms. The average Bonchev–Trinajstić information content (AvgIpc) is 2.96. The third-order valence-electron chi connectivity index (χ3n) is 4.03. The van der Waals surface area contributed by atoms with E-state index < -0.39 is 4.92 Å². The average molecular weight is 331 g/mol. The summed E-state index contributed by atoms with van der Waals surface area (Å²) in [6.45, 7) is 3.57. The van der Waals surface area contributed by atoms with Gasteiger partial charge >= 0.3 is 0 Å². The van der Waals surface area contributed by atoms with Crippen LogP contribution in [0.3, 0.4) is 0 Å². The Morgan fingerprint density at radius 2 is 2.26 bits per heavy atom. The zero-order valence-corrected chi connectivity index (χ0v) is 13.6. The van der Waals surface area contributed by atoms with Gasteiger partial charge in [-0.25, -0.2) is 0 Å². The summed E-state index contributed by atoms with van der Waals surface area (Å²) in [5, 5.41) is 15.8. The van der Waals surface area contributed by atoms with Crippen molar-refractivity contribution in [1.82, 2.24) is 4.90 Å². The highest BCUT2D eigenvalue weighted by molar-refractivity contribution is 7.10. The highest BCUT2D eigenvalue weighted by Gasteiger charge is 2.20. The fraction of sp³-hybridized carbons (Fsp3) is 0.312. The number of fused-ring (bicyclic) bond motifs is 1. The van der Waals surface area contributed by atoms with Crippen molar-refractivity contribution in [3.05, 3.63) is 55.8 Å². The van der Waals surface area contributed by atoms with Gasteiger partial charge in [-0.15, -0.1) is 11.3 Å². The molecular formula is C16H17N3O3S. The number of amides is 1. The molecule has 120 valence electrons. The van der Waals surface area contributed by atoms with E-state index in [9.17, 15) is 14.9 Å². The van der Waals surface area contributed by atoms with E-state index in [0.29, 0.717) is 11.3 Å². The van der Waals surface area contributed by atoms with Crippen molar-refractivity contribution >= 4 is 28.6 Å². The fourth-order valence-corrected chi connectivity index (χ4v) is 3.68. The normalized spacial score (nSPS) is 14.3. The molecule has 0 fully saturated rings. The number of nitro groups is 1. The molecule has 1 aromatic carbocycles. The van der Waals surface area contributed by atoms with Gasteiger partial charge in [-0.1, -0.05) is 6.07 Å². The van der Waals surface area contributed by atoms with E-state index in [2.05, 4.69) is 21.7 Å². The molecule has 1 aromatic heterocycles. The third-order valence-corrected chi connectivity index (χ3v) is 5.05. The number of benzene rings is 1. The van der Waals surface area contributed by atoms with Crippen molar-refractivity contribution < 1.29 is 9.72 Å². The van der Waals surface area contributed by atoms with Crippen molar-refractivity contribution in [3.8, 4) is 0 Å². The molecule has 6 nitrogen and oxygen atoms in total. The van der Waals surface area contributed by atoms with E-state index in [1.54, 1.807) is 30.4 Å². The molecule has 1 amide bonds. The molecule has 3 rings (SSSR count). The molecule has 0 bridgehead atoms. The molecule has 2 aromatic rings. The van der Waals surface area contributed by atoms with Crippen LogP contribution in [0.2, 0.25) is 0 Å². The van der Waals surface area contributed by atoms with Crippen LogP contribution in [0.25, 0.3) is 0 Å². The van der Waals surface area contributed by atoms with Gasteiger partial charge in [0.1, 0.15) is 0 Å². The van der Waals surface area contributed by atoms with Crippen LogP contribution in [0, 0.1) is 17.0 Å². The topological polar surface area (TPSA) is 75.5 Å². The van der Waals surface area contributed by atoms with Crippen molar-refractivity contribution in [2.75, 3.05) is 18.4 Å². The molecule has 0 atom stereocenters. The molecule has 0 radical (unpaired) electrons. The number of nitro benzene ring substituents is 1. The van der Waals surface area contributed by atoms with Crippen molar-refractivity contribution in [2.45, 2.75) is 19.9 Å². The number of hydrogen-bond donors (Lipinski definition) is 1. The number of thiophene rings is 1. The second-order valence-corrected chi connectivity index (χ2v) is 6.59. The number of nitrogens with one attached hydrogen (secondary N) is 1. The van der Waals surface area contributed by atoms with E-state index in [4.69, 9.17) is 0 Å². The Morgan fingerprint density at radius 3 is 3.04 bits per heavy atom. The lowest BCUT2D eigenvalue weighted by Gasteiger charge is -2.26. The predicted octanol–water partition coefficient (Wildman–Crippen LogP) is 2.96. The second-order valence-electron chi connectivity index (χ2n) is 5.58. The fourth-order valence-electron chi connectivity index (χ4n) is 2.79. The van der Waals surface area contributed by atoms with Gasteiger partial charge in [0.15, 0.2) is 0 Å². The molecule has 0 saturated heterocycles. The number of carbonyl (C=O) groups excluding carboxylic acids is 1. The first kappa shape index (κ1) is 15.6. The maximum atomic E-state index is 12.2. The summed E-state index contributed by atoms with van der Waals surface area (Å²) < 4.78 is 0. The minimum absolute atomic E-state index is 0.0173. The summed E-state index contributed by atoms with van der Waals surface area (Å²) in [5.41, 5.74) is 2.28. The Balaban J connectivity index is 1.64. The Hall–Kier alpha value is -2.25. The van der Waals surface area contributed by atoms with Gasteiger partial charge < -0.3 is 5.32 Å². The molecule has 0 unspecified atom stereocenters. The van der Waals surface area contributed by atoms with Gasteiger partial charge in [0.2, 0.25) is 5.91 Å². The van der Waals surface area contributed by atoms with Crippen molar-refractivity contribution in [3.63, 3.8) is 0 Å². The Bertz CT molecular complexity index is 757. The quantitative estimate of drug-likeness (QED) is 0.690. The molecular weight excluding hydrogens is 314 g/mol. The minimum atomic E-state index is -0.437. The molecule has 1 aliphatic heterocycles. The van der Waals surface area contributed by atoms with Crippen LogP contribution in [-0.2, 0) is 17.8 Å². The van der Waals surface area contributed by atoms with Gasteiger partial charge in [-0.05, 0) is 36.4 Å². The first-order valence-electron chi connectivity index (χ1n) is 7.36. The van der Waals surface area contributed by atoms with E-state index in [1.165, 1.54) is 16.5 Å². The van der Waals surface area contributed by atoms with Crippen LogP contribution in [0.4, 0.5) is 11.4 Å². The van der Waals surface area contributed by atoms with Crippen LogP contribution in [0.5, 0.6) is 0 Å². The van der Waals surface area contributed by atoms with Gasteiger partial charge in [0, 0.05) is 24.0 Å². The molecule has 23 heavy (non-hydrogen) atoms. The summed E-state index contributed by atoms with van der Waals surface area (Å²) in [7, 11) is 0. The summed E-state index contributed by atoms with van der Waals surface area (Å²) in [5.74, 6) is -0.146. The van der Waals surface area contributed by atoms with Crippen molar-refractivity contribution in [2.24, 2.45) is 0 Å². The highest BCUT2D eigenvalue weighted by atomic mass is 32.1. The second kappa shape index (κ2) is 6.47. The number of hydrogen-bond acceptors (Lipinski definition) is 5. The number of anilines is 1. The molecule has 1 N–H and O–H groups in total. The minimum Gasteiger partial charge on any atom is -0.324 e. The van der Waals surface area contributed by atoms with E-state index in [-0.39, 0.29) is 18.1 Å². The van der Waals surface area contributed by atoms with E-state index in [1.807, 2.05) is 0 Å². The van der Waals surface area contributed by atoms with E-state index in [0.717, 1.165) is 19.5 Å². The lowest BCUT2D eigenvalue weighted by atomic mass is 10.1. The first-order valence-corrected chi connectivity index (χ1v) is 8.24. The van der Waals surface area contributed by atoms with Crippen molar-refractivity contribution in [1.29, 1.82) is 0 Å². The number of rotatable bonds is 4. The maximum absolute atomic E-state index is 12.2. The Labute approximate surface area is 137 Å². The lowest BCUT2D eigenvalue weighted by Crippen LogP contribution is -2.36. The third kappa shape index (κ3) is 3.40. The monoisotopic (exact) mass is 331 g/mol. The standard InChI is InChI=1S/C16H17N3O3S/c1-11-13(3-2-4-14(11)19(21)22)17-16(20)10-18-7-5-15-12(9-18)6-8-23-15/h2-4,6,8H,5,7,9-10H2,1H3,(H,17,20). The van der Waals surface area contributed by atoms with Gasteiger partial charge in [-0.3, -0.25) is 19.8 Å². The predicted molar refractivity (Wildman–Crippen MR) is 89.8 cm³/mol. The van der Waals surface area contributed by atoms with Crippen LogP contribution in [0.15, 0.2) is 29.6 Å². The Kier molecular flexibility index (Phi) is 4.40.